The minimum atomic E-state index is -0.136. The highest BCUT2D eigenvalue weighted by Gasteiger charge is 2.22. The van der Waals surface area contributed by atoms with Crippen LogP contribution in [0.5, 0.6) is 0 Å². The van der Waals surface area contributed by atoms with E-state index in [2.05, 4.69) is 27.6 Å². The summed E-state index contributed by atoms with van der Waals surface area (Å²) >= 11 is 0. The van der Waals surface area contributed by atoms with Gasteiger partial charge in [0.2, 0.25) is 0 Å². The number of carbonyl (C=O) groups excluding carboxylic acids is 1. The van der Waals surface area contributed by atoms with Gasteiger partial charge in [-0.05, 0) is 20.0 Å². The zero-order chi connectivity index (χ0) is 10.8. The number of aryl methyl sites for hydroxylation is 1. The molecular formula is C9H15N5O. The normalized spacial score (nSPS) is 21.9. The molecule has 2 heterocycles. The molecule has 1 saturated heterocycles. The molecule has 1 aromatic rings. The van der Waals surface area contributed by atoms with E-state index in [1.54, 1.807) is 13.2 Å². The molecule has 82 valence electrons. The van der Waals surface area contributed by atoms with Crippen molar-refractivity contribution in [3.05, 3.63) is 11.9 Å². The number of nitrogens with one attached hydrogen (secondary N) is 1. The summed E-state index contributed by atoms with van der Waals surface area (Å²) in [5.74, 6) is -0.136. The van der Waals surface area contributed by atoms with Gasteiger partial charge in [-0.3, -0.25) is 9.48 Å². The summed E-state index contributed by atoms with van der Waals surface area (Å²) in [7, 11) is 3.79. The maximum atomic E-state index is 11.7. The van der Waals surface area contributed by atoms with Crippen molar-refractivity contribution in [2.24, 2.45) is 7.05 Å². The number of likely N-dealkylation sites (tertiary alicyclic amines) is 1. The summed E-state index contributed by atoms with van der Waals surface area (Å²) in [5, 5.41) is 10.4. The van der Waals surface area contributed by atoms with Crippen LogP contribution in [0.25, 0.3) is 0 Å². The Labute approximate surface area is 88.2 Å². The standard InChI is InChI=1S/C9H15N5O/c1-13-4-3-7(5-13)10-9(15)8-6-14(2)12-11-8/h6-7H,3-5H2,1-2H3,(H,10,15). The molecule has 6 heteroatoms. The first-order chi connectivity index (χ1) is 7.15. The Balaban J connectivity index is 1.92. The number of nitrogens with zero attached hydrogens (tertiary/aromatic N) is 4. The first-order valence-electron chi connectivity index (χ1n) is 5.01. The van der Waals surface area contributed by atoms with Crippen molar-refractivity contribution in [1.29, 1.82) is 0 Å². The van der Waals surface area contributed by atoms with E-state index in [0.29, 0.717) is 5.69 Å². The van der Waals surface area contributed by atoms with Crippen molar-refractivity contribution in [3.8, 4) is 0 Å². The smallest absolute Gasteiger partial charge is 0.273 e. The van der Waals surface area contributed by atoms with Gasteiger partial charge in [0.15, 0.2) is 5.69 Å². The molecule has 1 aliphatic heterocycles. The number of carbonyl (C=O) groups is 1. The number of likely N-dealkylation sites (N-methyl/N-ethyl adjacent to an activating group) is 1. The van der Waals surface area contributed by atoms with E-state index in [0.717, 1.165) is 19.5 Å². The third kappa shape index (κ3) is 2.33. The zero-order valence-electron chi connectivity index (χ0n) is 8.97. The summed E-state index contributed by atoms with van der Waals surface area (Å²) < 4.78 is 1.52. The van der Waals surface area contributed by atoms with Crippen LogP contribution in [-0.4, -0.2) is 52.0 Å². The topological polar surface area (TPSA) is 63.1 Å². The van der Waals surface area contributed by atoms with Crippen LogP contribution in [0.3, 0.4) is 0 Å². The van der Waals surface area contributed by atoms with Crippen LogP contribution in [0.4, 0.5) is 0 Å². The van der Waals surface area contributed by atoms with Crippen molar-refractivity contribution < 1.29 is 4.79 Å². The quantitative estimate of drug-likeness (QED) is 0.696. The molecular weight excluding hydrogens is 194 g/mol. The van der Waals surface area contributed by atoms with Gasteiger partial charge in [0, 0.05) is 19.6 Å². The molecule has 2 rings (SSSR count). The minimum Gasteiger partial charge on any atom is -0.347 e. The lowest BCUT2D eigenvalue weighted by molar-refractivity contribution is 0.0933. The van der Waals surface area contributed by atoms with E-state index in [4.69, 9.17) is 0 Å². The highest BCUT2D eigenvalue weighted by atomic mass is 16.2. The molecule has 1 fully saturated rings. The lowest BCUT2D eigenvalue weighted by Crippen LogP contribution is -2.36. The molecule has 1 aromatic heterocycles. The lowest BCUT2D eigenvalue weighted by atomic mass is 10.2. The molecule has 1 atom stereocenters. The zero-order valence-corrected chi connectivity index (χ0v) is 8.97. The molecule has 1 amide bonds. The number of rotatable bonds is 2. The average Bonchev–Trinajstić information content (AvgIpc) is 2.75. The third-order valence-electron chi connectivity index (χ3n) is 2.56. The van der Waals surface area contributed by atoms with Crippen LogP contribution in [0.2, 0.25) is 0 Å². The van der Waals surface area contributed by atoms with Gasteiger partial charge in [-0.15, -0.1) is 5.10 Å². The van der Waals surface area contributed by atoms with Crippen LogP contribution >= 0.6 is 0 Å². The Kier molecular flexibility index (Phi) is 2.68. The fourth-order valence-corrected chi connectivity index (χ4v) is 1.76. The van der Waals surface area contributed by atoms with Crippen LogP contribution in [-0.2, 0) is 7.05 Å². The van der Waals surface area contributed by atoms with E-state index in [9.17, 15) is 4.79 Å². The summed E-state index contributed by atoms with van der Waals surface area (Å²) in [5.41, 5.74) is 0.382. The lowest BCUT2D eigenvalue weighted by Gasteiger charge is -2.11. The highest BCUT2D eigenvalue weighted by Crippen LogP contribution is 2.06. The van der Waals surface area contributed by atoms with E-state index in [1.807, 2.05) is 0 Å². The summed E-state index contributed by atoms with van der Waals surface area (Å²) in [6.07, 6.45) is 2.62. The molecule has 0 aliphatic carbocycles. The third-order valence-corrected chi connectivity index (χ3v) is 2.56. The molecule has 0 bridgehead atoms. The predicted molar refractivity (Wildman–Crippen MR) is 54.4 cm³/mol. The first kappa shape index (κ1) is 10.1. The van der Waals surface area contributed by atoms with Crippen molar-refractivity contribution in [1.82, 2.24) is 25.2 Å². The second-order valence-corrected chi connectivity index (χ2v) is 4.00. The van der Waals surface area contributed by atoms with E-state index < -0.39 is 0 Å². The van der Waals surface area contributed by atoms with Gasteiger partial charge in [-0.2, -0.15) is 0 Å². The van der Waals surface area contributed by atoms with Gasteiger partial charge in [0.05, 0.1) is 6.20 Å². The van der Waals surface area contributed by atoms with Gasteiger partial charge in [0.25, 0.3) is 5.91 Å². The number of aromatic nitrogens is 3. The van der Waals surface area contributed by atoms with Crippen LogP contribution < -0.4 is 5.32 Å². The van der Waals surface area contributed by atoms with E-state index in [-0.39, 0.29) is 11.9 Å². The molecule has 0 radical (unpaired) electrons. The second-order valence-electron chi connectivity index (χ2n) is 4.00. The number of hydrogen-bond donors (Lipinski definition) is 1. The molecule has 1 unspecified atom stereocenters. The first-order valence-corrected chi connectivity index (χ1v) is 5.01. The fraction of sp³-hybridized carbons (Fsp3) is 0.667. The largest absolute Gasteiger partial charge is 0.347 e. The van der Waals surface area contributed by atoms with Gasteiger partial charge >= 0.3 is 0 Å². The summed E-state index contributed by atoms with van der Waals surface area (Å²) in [6, 6.07) is 0.240. The molecule has 1 aliphatic rings. The highest BCUT2D eigenvalue weighted by molar-refractivity contribution is 5.92. The van der Waals surface area contributed by atoms with Crippen LogP contribution in [0, 0.1) is 0 Å². The maximum Gasteiger partial charge on any atom is 0.273 e. The molecule has 6 nitrogen and oxygen atoms in total. The molecule has 15 heavy (non-hydrogen) atoms. The summed E-state index contributed by atoms with van der Waals surface area (Å²) in [4.78, 5) is 13.9. The van der Waals surface area contributed by atoms with E-state index >= 15 is 0 Å². The van der Waals surface area contributed by atoms with Gasteiger partial charge in [0.1, 0.15) is 0 Å². The second kappa shape index (κ2) is 3.98. The van der Waals surface area contributed by atoms with Gasteiger partial charge < -0.3 is 10.2 Å². The van der Waals surface area contributed by atoms with Crippen LogP contribution in [0.1, 0.15) is 16.9 Å². The maximum absolute atomic E-state index is 11.7. The van der Waals surface area contributed by atoms with E-state index in [1.165, 1.54) is 4.68 Å². The summed E-state index contributed by atoms with van der Waals surface area (Å²) in [6.45, 7) is 1.94. The Morgan fingerprint density at radius 1 is 1.60 bits per heavy atom. The fourth-order valence-electron chi connectivity index (χ4n) is 1.76. The van der Waals surface area contributed by atoms with Crippen molar-refractivity contribution >= 4 is 5.91 Å². The van der Waals surface area contributed by atoms with Gasteiger partial charge in [-0.25, -0.2) is 0 Å². The van der Waals surface area contributed by atoms with Crippen LogP contribution in [0.15, 0.2) is 6.20 Å². The molecule has 1 N–H and O–H groups in total. The SMILES string of the molecule is CN1CCC(NC(=O)c2cn(C)nn2)C1. The molecule has 0 saturated carbocycles. The minimum absolute atomic E-state index is 0.136. The van der Waals surface area contributed by atoms with Gasteiger partial charge in [-0.1, -0.05) is 5.21 Å². The Morgan fingerprint density at radius 2 is 2.40 bits per heavy atom. The monoisotopic (exact) mass is 209 g/mol. The Morgan fingerprint density at radius 3 is 2.93 bits per heavy atom. The Bertz CT molecular complexity index is 361. The molecule has 0 aromatic carbocycles. The van der Waals surface area contributed by atoms with Crippen molar-refractivity contribution in [2.75, 3.05) is 20.1 Å². The molecule has 0 spiro atoms. The predicted octanol–water partition coefficient (Wildman–Crippen LogP) is -0.751. The van der Waals surface area contributed by atoms with Crippen molar-refractivity contribution in [3.63, 3.8) is 0 Å². The van der Waals surface area contributed by atoms with Crippen molar-refractivity contribution in [2.45, 2.75) is 12.5 Å². The average molecular weight is 209 g/mol. The number of hydrogen-bond acceptors (Lipinski definition) is 4. The number of amides is 1. The Hall–Kier alpha value is -1.43.